The molecule has 0 saturated heterocycles. The molecule has 0 aromatic heterocycles. The number of benzene rings is 3. The van der Waals surface area contributed by atoms with Gasteiger partial charge in [-0.25, -0.2) is 4.39 Å². The summed E-state index contributed by atoms with van der Waals surface area (Å²) in [6.45, 7) is 0. The summed E-state index contributed by atoms with van der Waals surface area (Å²) in [5.74, 6) is -0.346. The lowest BCUT2D eigenvalue weighted by Crippen LogP contribution is -2.13. The van der Waals surface area contributed by atoms with Gasteiger partial charge in [-0.15, -0.1) is 0 Å². The monoisotopic (exact) mass is 355 g/mol. The first-order valence-corrected chi connectivity index (χ1v) is 7.96. The summed E-state index contributed by atoms with van der Waals surface area (Å²) in [4.78, 5) is 12.1. The third-order valence-corrected chi connectivity index (χ3v) is 4.08. The number of carbonyl (C=O) groups excluding carboxylic acids is 1. The molecule has 3 aromatic rings. The minimum atomic E-state index is -0.556. The predicted octanol–water partition coefficient (Wildman–Crippen LogP) is 5.41. The van der Waals surface area contributed by atoms with E-state index in [2.05, 4.69) is 5.32 Å². The van der Waals surface area contributed by atoms with Gasteiger partial charge in [-0.2, -0.15) is 0 Å². The zero-order valence-electron chi connectivity index (χ0n) is 13.4. The van der Waals surface area contributed by atoms with Gasteiger partial charge in [-0.1, -0.05) is 35.9 Å². The van der Waals surface area contributed by atoms with Gasteiger partial charge in [0.15, 0.2) is 0 Å². The number of rotatable bonds is 4. The Morgan fingerprint density at radius 2 is 1.76 bits per heavy atom. The van der Waals surface area contributed by atoms with E-state index in [0.717, 1.165) is 11.1 Å². The van der Waals surface area contributed by atoms with Gasteiger partial charge >= 0.3 is 0 Å². The zero-order chi connectivity index (χ0) is 17.8. The van der Waals surface area contributed by atoms with E-state index in [1.54, 1.807) is 43.5 Å². The third-order valence-electron chi connectivity index (χ3n) is 3.75. The van der Waals surface area contributed by atoms with Gasteiger partial charge in [0.05, 0.1) is 12.7 Å². The number of ether oxygens (including phenoxy) is 1. The van der Waals surface area contributed by atoms with Crippen molar-refractivity contribution in [1.82, 2.24) is 0 Å². The fraction of sp³-hybridized carbons (Fsp3) is 0.0500. The van der Waals surface area contributed by atoms with Crippen LogP contribution in [0, 0.1) is 5.82 Å². The minimum Gasteiger partial charge on any atom is -0.497 e. The molecule has 3 aromatic carbocycles. The number of halogens is 2. The van der Waals surface area contributed by atoms with Crippen molar-refractivity contribution in [3.63, 3.8) is 0 Å². The van der Waals surface area contributed by atoms with Crippen molar-refractivity contribution in [1.29, 1.82) is 0 Å². The molecule has 3 rings (SSSR count). The molecule has 0 unspecified atom stereocenters. The van der Waals surface area contributed by atoms with Gasteiger partial charge in [0, 0.05) is 16.3 Å². The van der Waals surface area contributed by atoms with E-state index in [4.69, 9.17) is 16.3 Å². The first-order chi connectivity index (χ1) is 12.1. The third kappa shape index (κ3) is 3.80. The smallest absolute Gasteiger partial charge is 0.258 e. The molecule has 0 saturated carbocycles. The van der Waals surface area contributed by atoms with Crippen LogP contribution in [0.15, 0.2) is 66.7 Å². The molecule has 3 nitrogen and oxygen atoms in total. The van der Waals surface area contributed by atoms with Crippen LogP contribution in [0.2, 0.25) is 5.02 Å². The van der Waals surface area contributed by atoms with E-state index in [-0.39, 0.29) is 5.56 Å². The van der Waals surface area contributed by atoms with Crippen molar-refractivity contribution >= 4 is 23.2 Å². The summed E-state index contributed by atoms with van der Waals surface area (Å²) >= 11 is 6.24. The summed E-state index contributed by atoms with van der Waals surface area (Å²) in [5, 5.41) is 3.28. The van der Waals surface area contributed by atoms with Crippen molar-refractivity contribution in [2.75, 3.05) is 12.4 Å². The average molecular weight is 356 g/mol. The van der Waals surface area contributed by atoms with Crippen LogP contribution >= 0.6 is 11.6 Å². The Bertz CT molecular complexity index is 910. The first kappa shape index (κ1) is 17.0. The maximum Gasteiger partial charge on any atom is 0.258 e. The van der Waals surface area contributed by atoms with Gasteiger partial charge < -0.3 is 10.1 Å². The lowest BCUT2D eigenvalue weighted by molar-refractivity contribution is 0.102. The van der Waals surface area contributed by atoms with Crippen LogP contribution in [0.1, 0.15) is 10.4 Å². The van der Waals surface area contributed by atoms with E-state index >= 15 is 0 Å². The van der Waals surface area contributed by atoms with E-state index in [1.165, 1.54) is 12.1 Å². The van der Waals surface area contributed by atoms with Crippen LogP contribution < -0.4 is 10.1 Å². The summed E-state index contributed by atoms with van der Waals surface area (Å²) in [7, 11) is 1.59. The SMILES string of the molecule is COc1ccc(Cl)c(-c2ccc(NC(=O)c3ccccc3F)cc2)c1. The molecule has 0 aliphatic carbocycles. The second kappa shape index (κ2) is 7.36. The molecule has 0 bridgehead atoms. The number of amides is 1. The Morgan fingerprint density at radius 1 is 1.04 bits per heavy atom. The Kier molecular flexibility index (Phi) is 5.00. The van der Waals surface area contributed by atoms with Gasteiger partial charge in [-0.3, -0.25) is 4.79 Å². The molecular weight excluding hydrogens is 341 g/mol. The molecule has 126 valence electrons. The highest BCUT2D eigenvalue weighted by molar-refractivity contribution is 6.33. The molecule has 25 heavy (non-hydrogen) atoms. The van der Waals surface area contributed by atoms with Gasteiger partial charge in [0.1, 0.15) is 11.6 Å². The highest BCUT2D eigenvalue weighted by Crippen LogP contribution is 2.32. The molecule has 1 N–H and O–H groups in total. The standard InChI is InChI=1S/C20H15ClFNO2/c1-25-15-10-11-18(21)17(12-15)13-6-8-14(9-7-13)23-20(24)16-4-2-3-5-19(16)22/h2-12H,1H3,(H,23,24). The molecule has 0 fully saturated rings. The molecular formula is C20H15ClFNO2. The Morgan fingerprint density at radius 3 is 2.44 bits per heavy atom. The van der Waals surface area contributed by atoms with E-state index < -0.39 is 11.7 Å². The average Bonchev–Trinajstić information content (AvgIpc) is 2.63. The molecule has 0 aliphatic rings. The number of nitrogens with one attached hydrogen (secondary N) is 1. The van der Waals surface area contributed by atoms with Crippen molar-refractivity contribution in [2.24, 2.45) is 0 Å². The van der Waals surface area contributed by atoms with Crippen LogP contribution in [0.5, 0.6) is 5.75 Å². The summed E-state index contributed by atoms with van der Waals surface area (Å²) < 4.78 is 18.9. The van der Waals surface area contributed by atoms with E-state index in [1.807, 2.05) is 18.2 Å². The zero-order valence-corrected chi connectivity index (χ0v) is 14.2. The summed E-state index contributed by atoms with van der Waals surface area (Å²) in [6, 6.07) is 18.4. The quantitative estimate of drug-likeness (QED) is 0.679. The fourth-order valence-corrected chi connectivity index (χ4v) is 2.66. The Hall–Kier alpha value is -2.85. The molecule has 0 radical (unpaired) electrons. The fourth-order valence-electron chi connectivity index (χ4n) is 2.43. The number of hydrogen-bond donors (Lipinski definition) is 1. The largest absolute Gasteiger partial charge is 0.497 e. The number of hydrogen-bond acceptors (Lipinski definition) is 2. The first-order valence-electron chi connectivity index (χ1n) is 7.58. The van der Waals surface area contributed by atoms with Crippen LogP contribution in [-0.2, 0) is 0 Å². The molecule has 0 aliphatic heterocycles. The van der Waals surface area contributed by atoms with E-state index in [9.17, 15) is 9.18 Å². The second-order valence-corrected chi connectivity index (χ2v) is 5.76. The van der Waals surface area contributed by atoms with Crippen molar-refractivity contribution in [3.8, 4) is 16.9 Å². The number of carbonyl (C=O) groups is 1. The van der Waals surface area contributed by atoms with Crippen LogP contribution in [0.25, 0.3) is 11.1 Å². The van der Waals surface area contributed by atoms with E-state index in [0.29, 0.717) is 16.5 Å². The van der Waals surface area contributed by atoms with Gasteiger partial charge in [0.2, 0.25) is 0 Å². The predicted molar refractivity (Wildman–Crippen MR) is 97.8 cm³/mol. The summed E-state index contributed by atoms with van der Waals surface area (Å²) in [5.41, 5.74) is 2.28. The van der Waals surface area contributed by atoms with Crippen LogP contribution in [0.4, 0.5) is 10.1 Å². The topological polar surface area (TPSA) is 38.3 Å². The molecule has 1 amide bonds. The highest BCUT2D eigenvalue weighted by Gasteiger charge is 2.11. The lowest BCUT2D eigenvalue weighted by atomic mass is 10.0. The van der Waals surface area contributed by atoms with Crippen molar-refractivity contribution < 1.29 is 13.9 Å². The van der Waals surface area contributed by atoms with Crippen LogP contribution in [0.3, 0.4) is 0 Å². The maximum absolute atomic E-state index is 13.7. The van der Waals surface area contributed by atoms with Crippen LogP contribution in [-0.4, -0.2) is 13.0 Å². The number of methoxy groups -OCH3 is 1. The second-order valence-electron chi connectivity index (χ2n) is 5.36. The van der Waals surface area contributed by atoms with Gasteiger partial charge in [0.25, 0.3) is 5.91 Å². The Balaban J connectivity index is 1.81. The minimum absolute atomic E-state index is 0.00224. The van der Waals surface area contributed by atoms with Crippen molar-refractivity contribution in [3.05, 3.63) is 83.1 Å². The molecule has 0 heterocycles. The van der Waals surface area contributed by atoms with Gasteiger partial charge in [-0.05, 0) is 48.0 Å². The summed E-state index contributed by atoms with van der Waals surface area (Å²) in [6.07, 6.45) is 0. The molecule has 0 spiro atoms. The molecule has 5 heteroatoms. The molecule has 0 atom stereocenters. The normalized spacial score (nSPS) is 10.4. The lowest BCUT2D eigenvalue weighted by Gasteiger charge is -2.09. The number of anilines is 1. The Labute approximate surface area is 150 Å². The van der Waals surface area contributed by atoms with Crippen molar-refractivity contribution in [2.45, 2.75) is 0 Å². The highest BCUT2D eigenvalue weighted by atomic mass is 35.5. The maximum atomic E-state index is 13.7.